The topological polar surface area (TPSA) is 48.0 Å². The van der Waals surface area contributed by atoms with Gasteiger partial charge < -0.3 is 18.2 Å². The van der Waals surface area contributed by atoms with Crippen molar-refractivity contribution in [2.75, 3.05) is 40.0 Å². The van der Waals surface area contributed by atoms with Crippen molar-refractivity contribution in [3.8, 4) is 0 Å². The number of nitrogens with zero attached hydrogens (tertiary/aromatic N) is 1. The van der Waals surface area contributed by atoms with Crippen LogP contribution in [-0.4, -0.2) is 57.8 Å². The average Bonchev–Trinajstić information content (AvgIpc) is 2.69. The van der Waals surface area contributed by atoms with Crippen LogP contribution in [0.3, 0.4) is 0 Å². The van der Waals surface area contributed by atoms with Crippen molar-refractivity contribution in [1.29, 1.82) is 0 Å². The van der Waals surface area contributed by atoms with E-state index in [-0.39, 0.29) is 12.6 Å². The second-order valence-electron chi connectivity index (χ2n) is 7.33. The predicted molar refractivity (Wildman–Crippen MR) is 113 cm³/mol. The van der Waals surface area contributed by atoms with Crippen molar-refractivity contribution in [2.45, 2.75) is 44.4 Å². The summed E-state index contributed by atoms with van der Waals surface area (Å²) in [6.45, 7) is 4.23. The Bertz CT molecular complexity index is 589. The van der Waals surface area contributed by atoms with Crippen LogP contribution < -0.4 is 10.1 Å². The van der Waals surface area contributed by atoms with E-state index in [1.807, 2.05) is 12.1 Å². The highest BCUT2D eigenvalue weighted by molar-refractivity contribution is 6.90. The largest absolute Gasteiger partial charge is 0.499 e. The van der Waals surface area contributed by atoms with Crippen LogP contribution in [0.4, 0.5) is 10.1 Å². The average molecular weight is 416 g/mol. The number of benzene rings is 1. The summed E-state index contributed by atoms with van der Waals surface area (Å²) >= 11 is 0. The van der Waals surface area contributed by atoms with E-state index in [1.54, 1.807) is 33.3 Å². The molecule has 0 saturated heterocycles. The van der Waals surface area contributed by atoms with Crippen LogP contribution in [0.15, 0.2) is 24.3 Å². The first-order chi connectivity index (χ1) is 12.7. The van der Waals surface area contributed by atoms with Crippen LogP contribution in [0, 0.1) is 0 Å². The summed E-state index contributed by atoms with van der Waals surface area (Å²) in [4.78, 5) is 14.0. The van der Waals surface area contributed by atoms with E-state index in [9.17, 15) is 9.18 Å². The van der Waals surface area contributed by atoms with Crippen molar-refractivity contribution in [3.05, 3.63) is 24.3 Å². The Balaban J connectivity index is 2.88. The number of rotatable bonds is 12. The molecule has 0 radical (unpaired) electrons. The zero-order valence-corrected chi connectivity index (χ0v) is 19.5. The number of alkyl halides is 1. The molecule has 8 heteroatoms. The van der Waals surface area contributed by atoms with E-state index in [1.165, 1.54) is 5.19 Å². The fourth-order valence-corrected chi connectivity index (χ4v) is 9.20. The Morgan fingerprint density at radius 2 is 1.70 bits per heavy atom. The summed E-state index contributed by atoms with van der Waals surface area (Å²) in [5.74, 6) is 0.0182. The van der Waals surface area contributed by atoms with Crippen molar-refractivity contribution >= 4 is 33.7 Å². The molecule has 1 amide bonds. The minimum absolute atomic E-state index is 0.0182. The van der Waals surface area contributed by atoms with Crippen LogP contribution in [0.1, 0.15) is 19.3 Å². The molecule has 0 fully saturated rings. The molecule has 0 heterocycles. The second kappa shape index (κ2) is 11.1. The van der Waals surface area contributed by atoms with Gasteiger partial charge in [-0.3, -0.25) is 9.18 Å². The molecule has 0 spiro atoms. The first kappa shape index (κ1) is 24.0. The fraction of sp³-hybridized carbons (Fsp3) is 0.632. The quantitative estimate of drug-likeness (QED) is 0.387. The monoisotopic (exact) mass is 415 g/mol. The zero-order valence-electron chi connectivity index (χ0n) is 17.5. The number of hydrogen-bond acceptors (Lipinski definition) is 4. The number of halogens is 1. The summed E-state index contributed by atoms with van der Waals surface area (Å²) in [6, 6.07) is 9.91. The van der Waals surface area contributed by atoms with E-state index in [0.29, 0.717) is 19.3 Å². The first-order valence-corrected chi connectivity index (χ1v) is 14.5. The normalized spacial score (nSPS) is 12.3. The summed E-state index contributed by atoms with van der Waals surface area (Å²) in [7, 11) is 2.33. The number of carbonyl (C=O) groups excluding carboxylic acids is 1. The predicted octanol–water partition coefficient (Wildman–Crippen LogP) is 3.58. The van der Waals surface area contributed by atoms with Gasteiger partial charge in [0.1, 0.15) is 0 Å². The van der Waals surface area contributed by atoms with Crippen LogP contribution in [0.5, 0.6) is 0 Å². The third-order valence-electron chi connectivity index (χ3n) is 5.15. The van der Waals surface area contributed by atoms with E-state index >= 15 is 0 Å². The molecule has 0 aromatic heterocycles. The van der Waals surface area contributed by atoms with E-state index in [4.69, 9.17) is 13.3 Å². The first-order valence-electron chi connectivity index (χ1n) is 9.33. The van der Waals surface area contributed by atoms with Gasteiger partial charge in [0.25, 0.3) is 0 Å². The highest BCUT2D eigenvalue weighted by Gasteiger charge is 2.40. The smallest absolute Gasteiger partial charge is 0.377 e. The highest BCUT2D eigenvalue weighted by Crippen LogP contribution is 2.23. The van der Waals surface area contributed by atoms with Gasteiger partial charge in [0.2, 0.25) is 5.91 Å². The van der Waals surface area contributed by atoms with Crippen molar-refractivity contribution in [3.63, 3.8) is 0 Å². The maximum atomic E-state index is 12.3. The Hall–Kier alpha value is -1.07. The molecule has 1 rings (SSSR count). The molecular formula is C19H34FNO4Si2. The number of hydrogen-bond donors (Lipinski definition) is 0. The molecule has 0 atom stereocenters. The minimum atomic E-state index is -2.59. The van der Waals surface area contributed by atoms with Gasteiger partial charge in [-0.2, -0.15) is 0 Å². The molecule has 0 bridgehead atoms. The Kier molecular flexibility index (Phi) is 9.82. The fourth-order valence-electron chi connectivity index (χ4n) is 2.98. The van der Waals surface area contributed by atoms with Gasteiger partial charge in [0.05, 0.1) is 14.7 Å². The molecule has 5 nitrogen and oxygen atoms in total. The maximum absolute atomic E-state index is 12.3. The molecule has 1 aromatic carbocycles. The second-order valence-corrected chi connectivity index (χ2v) is 15.3. The van der Waals surface area contributed by atoms with Crippen LogP contribution in [0.2, 0.25) is 25.2 Å². The molecule has 1 aromatic rings. The van der Waals surface area contributed by atoms with Gasteiger partial charge in [0, 0.05) is 46.5 Å². The van der Waals surface area contributed by atoms with E-state index < -0.39 is 16.9 Å². The van der Waals surface area contributed by atoms with Crippen molar-refractivity contribution < 1.29 is 22.5 Å². The van der Waals surface area contributed by atoms with E-state index in [2.05, 4.69) is 25.2 Å². The van der Waals surface area contributed by atoms with Gasteiger partial charge in [-0.05, 0) is 31.0 Å². The number of carbonyl (C=O) groups is 1. The molecule has 0 N–H and O–H groups in total. The van der Waals surface area contributed by atoms with Gasteiger partial charge in [-0.25, -0.2) is 0 Å². The van der Waals surface area contributed by atoms with E-state index in [0.717, 1.165) is 17.8 Å². The Morgan fingerprint density at radius 3 is 2.26 bits per heavy atom. The lowest BCUT2D eigenvalue weighted by atomic mass is 10.2. The molecule has 154 valence electrons. The Labute approximate surface area is 165 Å². The Morgan fingerprint density at radius 1 is 1.07 bits per heavy atom. The lowest BCUT2D eigenvalue weighted by Gasteiger charge is -2.30. The van der Waals surface area contributed by atoms with Crippen molar-refractivity contribution in [2.24, 2.45) is 0 Å². The van der Waals surface area contributed by atoms with Gasteiger partial charge in [-0.15, -0.1) is 0 Å². The molecule has 0 unspecified atom stereocenters. The summed E-state index contributed by atoms with van der Waals surface area (Å²) < 4.78 is 28.9. The summed E-state index contributed by atoms with van der Waals surface area (Å²) in [6.07, 6.45) is 1.39. The molecular weight excluding hydrogens is 381 g/mol. The number of unbranched alkanes of at least 4 members (excludes halogenated alkanes) is 1. The number of anilines is 1. The molecule has 0 aliphatic carbocycles. The van der Waals surface area contributed by atoms with Gasteiger partial charge in [-0.1, -0.05) is 30.4 Å². The lowest BCUT2D eigenvalue weighted by Crippen LogP contribution is -2.48. The van der Waals surface area contributed by atoms with Gasteiger partial charge >= 0.3 is 8.80 Å². The highest BCUT2D eigenvalue weighted by atomic mass is 28.4. The van der Waals surface area contributed by atoms with Crippen molar-refractivity contribution in [1.82, 2.24) is 0 Å². The van der Waals surface area contributed by atoms with Gasteiger partial charge in [0.15, 0.2) is 0 Å². The molecule has 0 saturated carbocycles. The number of amides is 1. The lowest BCUT2D eigenvalue weighted by molar-refractivity contribution is -0.118. The van der Waals surface area contributed by atoms with Crippen LogP contribution in [-0.2, 0) is 18.1 Å². The molecule has 0 aliphatic heterocycles. The van der Waals surface area contributed by atoms with Crippen LogP contribution in [0.25, 0.3) is 0 Å². The van der Waals surface area contributed by atoms with Crippen LogP contribution >= 0.6 is 0 Å². The maximum Gasteiger partial charge on any atom is 0.499 e. The summed E-state index contributed by atoms with van der Waals surface area (Å²) in [5, 5.41) is 1.27. The zero-order chi connectivity index (χ0) is 20.5. The third-order valence-corrected chi connectivity index (χ3v) is 11.8. The molecule has 27 heavy (non-hydrogen) atoms. The SMILES string of the molecule is CO[Si](CC[Si](C)(C)c1cccc(N(C)C(=O)CCCCF)c1)(OC)OC. The minimum Gasteiger partial charge on any atom is -0.377 e. The standard InChI is InChI=1S/C19H34FNO4Si2/c1-21(19(22)12-7-8-13-20)17-10-9-11-18(16-17)26(5,6)14-15-27(23-2,24-3)25-4/h9-11,16H,7-8,12-15H2,1-6H3. The summed E-state index contributed by atoms with van der Waals surface area (Å²) in [5.41, 5.74) is 0.882. The molecule has 0 aliphatic rings. The third kappa shape index (κ3) is 6.79.